The van der Waals surface area contributed by atoms with Crippen LogP contribution in [0, 0.1) is 5.82 Å². The van der Waals surface area contributed by atoms with Gasteiger partial charge in [0.1, 0.15) is 11.9 Å². The average Bonchev–Trinajstić information content (AvgIpc) is 2.64. The molecular formula is C12H11BrClFN2O. The number of hydrogen-bond acceptors (Lipinski definition) is 2. The SMILES string of the molecule is Cn1ncc(Br)c1C(O)Cc1c(F)cccc1Cl. The minimum absolute atomic E-state index is 0.101. The summed E-state index contributed by atoms with van der Waals surface area (Å²) in [5.41, 5.74) is 0.897. The standard InChI is InChI=1S/C12H11BrClFN2O/c1-17-12(8(13)6-16-17)11(18)5-7-9(14)3-2-4-10(7)15/h2-4,6,11,18H,5H2,1H3. The first-order valence-electron chi connectivity index (χ1n) is 5.29. The van der Waals surface area contributed by atoms with Crippen LogP contribution in [0.25, 0.3) is 0 Å². The van der Waals surface area contributed by atoms with Gasteiger partial charge in [0.15, 0.2) is 0 Å². The molecule has 0 saturated heterocycles. The molecule has 1 atom stereocenters. The zero-order valence-electron chi connectivity index (χ0n) is 9.57. The van der Waals surface area contributed by atoms with Crippen LogP contribution in [0.15, 0.2) is 28.9 Å². The zero-order valence-corrected chi connectivity index (χ0v) is 11.9. The second-order valence-corrected chi connectivity index (χ2v) is 5.18. The Morgan fingerprint density at radius 3 is 2.83 bits per heavy atom. The van der Waals surface area contributed by atoms with Gasteiger partial charge in [0.05, 0.1) is 16.4 Å². The molecule has 1 N–H and O–H groups in total. The largest absolute Gasteiger partial charge is 0.386 e. The Morgan fingerprint density at radius 1 is 1.56 bits per heavy atom. The quantitative estimate of drug-likeness (QED) is 0.936. The summed E-state index contributed by atoms with van der Waals surface area (Å²) in [6.45, 7) is 0. The highest BCUT2D eigenvalue weighted by Gasteiger charge is 2.19. The summed E-state index contributed by atoms with van der Waals surface area (Å²) in [6.07, 6.45) is 0.812. The van der Waals surface area contributed by atoms with Crippen molar-refractivity contribution in [2.24, 2.45) is 7.05 Å². The molecule has 96 valence electrons. The van der Waals surface area contributed by atoms with E-state index in [-0.39, 0.29) is 6.42 Å². The van der Waals surface area contributed by atoms with Gasteiger partial charge in [-0.05, 0) is 28.1 Å². The first kappa shape index (κ1) is 13.5. The smallest absolute Gasteiger partial charge is 0.127 e. The third-order valence-electron chi connectivity index (χ3n) is 2.71. The summed E-state index contributed by atoms with van der Waals surface area (Å²) in [5, 5.41) is 14.5. The van der Waals surface area contributed by atoms with E-state index in [2.05, 4.69) is 21.0 Å². The molecule has 18 heavy (non-hydrogen) atoms. The van der Waals surface area contributed by atoms with Crippen LogP contribution >= 0.6 is 27.5 Å². The summed E-state index contributed by atoms with van der Waals surface area (Å²) in [6, 6.07) is 4.46. The number of halogens is 3. The Balaban J connectivity index is 2.30. The normalized spacial score (nSPS) is 12.7. The molecule has 1 unspecified atom stereocenters. The molecule has 2 aromatic rings. The summed E-state index contributed by atoms with van der Waals surface area (Å²) < 4.78 is 15.9. The van der Waals surface area contributed by atoms with Crippen LogP contribution < -0.4 is 0 Å². The van der Waals surface area contributed by atoms with Crippen LogP contribution in [0.2, 0.25) is 5.02 Å². The molecule has 0 aliphatic rings. The summed E-state index contributed by atoms with van der Waals surface area (Å²) in [7, 11) is 1.71. The van der Waals surface area contributed by atoms with Crippen molar-refractivity contribution >= 4 is 27.5 Å². The molecule has 0 saturated carbocycles. The molecule has 1 aromatic heterocycles. The van der Waals surface area contributed by atoms with Crippen molar-refractivity contribution in [3.63, 3.8) is 0 Å². The van der Waals surface area contributed by atoms with Gasteiger partial charge >= 0.3 is 0 Å². The molecule has 2 rings (SSSR count). The minimum Gasteiger partial charge on any atom is -0.386 e. The van der Waals surface area contributed by atoms with Gasteiger partial charge in [-0.3, -0.25) is 4.68 Å². The van der Waals surface area contributed by atoms with Crippen LogP contribution in [0.3, 0.4) is 0 Å². The van der Waals surface area contributed by atoms with Gasteiger partial charge in [-0.15, -0.1) is 0 Å². The lowest BCUT2D eigenvalue weighted by Crippen LogP contribution is -2.10. The molecule has 1 aromatic carbocycles. The van der Waals surface area contributed by atoms with E-state index in [4.69, 9.17) is 11.6 Å². The average molecular weight is 334 g/mol. The summed E-state index contributed by atoms with van der Waals surface area (Å²) in [5.74, 6) is -0.417. The third kappa shape index (κ3) is 2.58. The molecule has 0 aliphatic heterocycles. The monoisotopic (exact) mass is 332 g/mol. The molecular weight excluding hydrogens is 322 g/mol. The fourth-order valence-corrected chi connectivity index (χ4v) is 2.66. The van der Waals surface area contributed by atoms with Gasteiger partial charge in [0.25, 0.3) is 0 Å². The maximum atomic E-state index is 13.6. The predicted molar refractivity (Wildman–Crippen MR) is 71.0 cm³/mol. The van der Waals surface area contributed by atoms with Crippen LogP contribution in [0.5, 0.6) is 0 Å². The Hall–Kier alpha value is -0.910. The van der Waals surface area contributed by atoms with Gasteiger partial charge < -0.3 is 5.11 Å². The van der Waals surface area contributed by atoms with Crippen molar-refractivity contribution in [3.05, 3.63) is 51.0 Å². The maximum absolute atomic E-state index is 13.6. The number of aliphatic hydroxyl groups excluding tert-OH is 1. The lowest BCUT2D eigenvalue weighted by molar-refractivity contribution is 0.166. The van der Waals surface area contributed by atoms with Crippen molar-refractivity contribution in [2.45, 2.75) is 12.5 Å². The predicted octanol–water partition coefficient (Wildman–Crippen LogP) is 3.25. The van der Waals surface area contributed by atoms with Crippen molar-refractivity contribution in [1.82, 2.24) is 9.78 Å². The van der Waals surface area contributed by atoms with Crippen molar-refractivity contribution < 1.29 is 9.50 Å². The summed E-state index contributed by atoms with van der Waals surface area (Å²) in [4.78, 5) is 0. The Kier molecular flexibility index (Phi) is 4.04. The molecule has 0 bridgehead atoms. The Morgan fingerprint density at radius 2 is 2.28 bits per heavy atom. The molecule has 1 heterocycles. The van der Waals surface area contributed by atoms with Gasteiger partial charge in [-0.1, -0.05) is 17.7 Å². The molecule has 0 amide bonds. The highest BCUT2D eigenvalue weighted by atomic mass is 79.9. The second-order valence-electron chi connectivity index (χ2n) is 3.92. The number of aliphatic hydroxyl groups is 1. The number of nitrogens with zero attached hydrogens (tertiary/aromatic N) is 2. The van der Waals surface area contributed by atoms with Crippen molar-refractivity contribution in [2.75, 3.05) is 0 Å². The lowest BCUT2D eigenvalue weighted by Gasteiger charge is -2.13. The number of aromatic nitrogens is 2. The third-order valence-corrected chi connectivity index (χ3v) is 3.68. The van der Waals surface area contributed by atoms with E-state index in [0.717, 1.165) is 0 Å². The molecule has 0 radical (unpaired) electrons. The van der Waals surface area contributed by atoms with Crippen LogP contribution in [-0.4, -0.2) is 14.9 Å². The van der Waals surface area contributed by atoms with Crippen LogP contribution in [0.1, 0.15) is 17.4 Å². The Bertz CT molecular complexity index is 533. The van der Waals surface area contributed by atoms with Gasteiger partial charge in [-0.2, -0.15) is 5.10 Å². The van der Waals surface area contributed by atoms with E-state index in [1.807, 2.05) is 0 Å². The number of hydrogen-bond donors (Lipinski definition) is 1. The molecule has 0 aliphatic carbocycles. The van der Waals surface area contributed by atoms with Crippen molar-refractivity contribution in [1.29, 1.82) is 0 Å². The van der Waals surface area contributed by atoms with E-state index in [9.17, 15) is 9.50 Å². The minimum atomic E-state index is -0.874. The van der Waals surface area contributed by atoms with Gasteiger partial charge in [0, 0.05) is 24.1 Å². The maximum Gasteiger partial charge on any atom is 0.127 e. The number of aryl methyl sites for hydroxylation is 1. The summed E-state index contributed by atoms with van der Waals surface area (Å²) >= 11 is 9.23. The second kappa shape index (κ2) is 5.38. The molecule has 0 spiro atoms. The van der Waals surface area contributed by atoms with E-state index in [1.165, 1.54) is 12.1 Å². The van der Waals surface area contributed by atoms with Crippen LogP contribution in [0.4, 0.5) is 4.39 Å². The number of benzene rings is 1. The van der Waals surface area contributed by atoms with Gasteiger partial charge in [0.2, 0.25) is 0 Å². The topological polar surface area (TPSA) is 38.0 Å². The highest BCUT2D eigenvalue weighted by molar-refractivity contribution is 9.10. The molecule has 3 nitrogen and oxygen atoms in total. The molecule has 6 heteroatoms. The fourth-order valence-electron chi connectivity index (χ4n) is 1.81. The first-order chi connectivity index (χ1) is 8.50. The van der Waals surface area contributed by atoms with Crippen molar-refractivity contribution in [3.8, 4) is 0 Å². The zero-order chi connectivity index (χ0) is 13.3. The fraction of sp³-hybridized carbons (Fsp3) is 0.250. The Labute approximate surface area is 117 Å². The van der Waals surface area contributed by atoms with E-state index < -0.39 is 11.9 Å². The number of rotatable bonds is 3. The van der Waals surface area contributed by atoms with E-state index in [0.29, 0.717) is 20.8 Å². The van der Waals surface area contributed by atoms with Crippen LogP contribution in [-0.2, 0) is 13.5 Å². The highest BCUT2D eigenvalue weighted by Crippen LogP contribution is 2.29. The molecule has 0 fully saturated rings. The first-order valence-corrected chi connectivity index (χ1v) is 6.46. The van der Waals surface area contributed by atoms with E-state index >= 15 is 0 Å². The lowest BCUT2D eigenvalue weighted by atomic mass is 10.1. The van der Waals surface area contributed by atoms with E-state index in [1.54, 1.807) is 24.0 Å². The van der Waals surface area contributed by atoms with Gasteiger partial charge in [-0.25, -0.2) is 4.39 Å².